The number of allylic oxidation sites excluding steroid dienone is 1. The first-order valence-corrected chi connectivity index (χ1v) is 9.59. The molecule has 0 atom stereocenters. The van der Waals surface area contributed by atoms with Gasteiger partial charge < -0.3 is 28.1 Å². The highest BCUT2D eigenvalue weighted by Crippen LogP contribution is 2.41. The number of aryl methyl sites for hydroxylation is 1. The number of ether oxygens (including phenoxy) is 5. The Kier molecular flexibility index (Phi) is 5.59. The van der Waals surface area contributed by atoms with Crippen molar-refractivity contribution in [3.05, 3.63) is 70.9 Å². The van der Waals surface area contributed by atoms with Gasteiger partial charge in [0.2, 0.25) is 17.3 Å². The number of hydrogen-bond acceptors (Lipinski definition) is 8. The molecule has 2 aromatic carbocycles. The van der Waals surface area contributed by atoms with E-state index in [4.69, 9.17) is 28.1 Å². The fraction of sp³-hybridized carbons (Fsp3) is 0.167. The molecule has 1 aliphatic rings. The van der Waals surface area contributed by atoms with Gasteiger partial charge in [0.1, 0.15) is 11.5 Å². The standard InChI is InChI=1S/C24H20O8/c1-13-8-15(31-24(26)16-6-5-7-30-16)12-17-21(13)22(25)18(32-17)9-14-10-19(27-2)23(29-4)20(11-14)28-3/h5-12H,1-4H3. The van der Waals surface area contributed by atoms with Crippen molar-refractivity contribution in [1.29, 1.82) is 0 Å². The van der Waals surface area contributed by atoms with Gasteiger partial charge >= 0.3 is 5.97 Å². The largest absolute Gasteiger partial charge is 0.493 e. The number of furan rings is 1. The molecule has 0 bridgehead atoms. The van der Waals surface area contributed by atoms with Crippen LogP contribution in [0.4, 0.5) is 0 Å². The third kappa shape index (κ3) is 3.78. The molecule has 8 nitrogen and oxygen atoms in total. The average Bonchev–Trinajstić information content (AvgIpc) is 3.42. The van der Waals surface area contributed by atoms with E-state index in [0.717, 1.165) is 0 Å². The van der Waals surface area contributed by atoms with E-state index in [0.29, 0.717) is 39.7 Å². The minimum absolute atomic E-state index is 0.0723. The minimum Gasteiger partial charge on any atom is -0.493 e. The van der Waals surface area contributed by atoms with E-state index in [1.165, 1.54) is 39.7 Å². The number of rotatable bonds is 6. The van der Waals surface area contributed by atoms with Crippen molar-refractivity contribution in [3.8, 4) is 28.7 Å². The first-order valence-electron chi connectivity index (χ1n) is 9.59. The predicted molar refractivity (Wildman–Crippen MR) is 114 cm³/mol. The molecule has 1 aromatic heterocycles. The van der Waals surface area contributed by atoms with Crippen molar-refractivity contribution >= 4 is 17.8 Å². The number of esters is 1. The second-order valence-electron chi connectivity index (χ2n) is 6.88. The quantitative estimate of drug-likeness (QED) is 0.318. The van der Waals surface area contributed by atoms with Crippen molar-refractivity contribution in [1.82, 2.24) is 0 Å². The van der Waals surface area contributed by atoms with E-state index in [-0.39, 0.29) is 23.1 Å². The summed E-state index contributed by atoms with van der Waals surface area (Å²) in [6.45, 7) is 1.74. The Morgan fingerprint density at radius 1 is 1.00 bits per heavy atom. The van der Waals surface area contributed by atoms with Crippen LogP contribution in [0.25, 0.3) is 6.08 Å². The first-order chi connectivity index (χ1) is 15.4. The molecule has 0 unspecified atom stereocenters. The third-order valence-corrected chi connectivity index (χ3v) is 4.86. The number of fused-ring (bicyclic) bond motifs is 1. The first kappa shape index (κ1) is 21.0. The van der Waals surface area contributed by atoms with Gasteiger partial charge in [-0.15, -0.1) is 0 Å². The Morgan fingerprint density at radius 3 is 2.31 bits per heavy atom. The zero-order valence-corrected chi connectivity index (χ0v) is 17.9. The molecule has 0 N–H and O–H groups in total. The minimum atomic E-state index is -0.646. The fourth-order valence-electron chi connectivity index (χ4n) is 3.42. The van der Waals surface area contributed by atoms with Crippen molar-refractivity contribution < 1.29 is 37.7 Å². The summed E-state index contributed by atoms with van der Waals surface area (Å²) in [5, 5.41) is 0. The molecule has 4 rings (SSSR count). The molecule has 0 spiro atoms. The summed E-state index contributed by atoms with van der Waals surface area (Å²) in [5.41, 5.74) is 1.64. The van der Waals surface area contributed by atoms with Gasteiger partial charge in [0, 0.05) is 6.07 Å². The lowest BCUT2D eigenvalue weighted by Crippen LogP contribution is -2.07. The topological polar surface area (TPSA) is 93.4 Å². The second kappa shape index (κ2) is 8.50. The number of Topliss-reactive ketones (excluding diaryl/α,β-unsaturated/α-hetero) is 1. The van der Waals surface area contributed by atoms with E-state index in [1.807, 2.05) is 0 Å². The third-order valence-electron chi connectivity index (χ3n) is 4.86. The van der Waals surface area contributed by atoms with Gasteiger partial charge in [-0.3, -0.25) is 4.79 Å². The van der Waals surface area contributed by atoms with Gasteiger partial charge in [-0.05, 0) is 54.5 Å². The highest BCUT2D eigenvalue weighted by molar-refractivity contribution is 6.15. The van der Waals surface area contributed by atoms with E-state index in [2.05, 4.69) is 0 Å². The lowest BCUT2D eigenvalue weighted by atomic mass is 10.0. The van der Waals surface area contributed by atoms with Crippen LogP contribution >= 0.6 is 0 Å². The van der Waals surface area contributed by atoms with Gasteiger partial charge in [-0.25, -0.2) is 4.79 Å². The molecular weight excluding hydrogens is 416 g/mol. The normalized spacial score (nSPS) is 13.5. The lowest BCUT2D eigenvalue weighted by molar-refractivity contribution is 0.0701. The van der Waals surface area contributed by atoms with Crippen LogP contribution in [0, 0.1) is 6.92 Å². The summed E-state index contributed by atoms with van der Waals surface area (Å²) in [6.07, 6.45) is 2.97. The van der Waals surface area contributed by atoms with Gasteiger partial charge in [-0.2, -0.15) is 0 Å². The van der Waals surface area contributed by atoms with Crippen LogP contribution in [-0.2, 0) is 0 Å². The molecular formula is C24H20O8. The van der Waals surface area contributed by atoms with E-state index >= 15 is 0 Å². The Balaban J connectivity index is 1.65. The molecule has 0 radical (unpaired) electrons. The van der Waals surface area contributed by atoms with Crippen LogP contribution in [0.3, 0.4) is 0 Å². The summed E-state index contributed by atoms with van der Waals surface area (Å²) in [4.78, 5) is 25.1. The van der Waals surface area contributed by atoms with Gasteiger partial charge in [0.05, 0.1) is 33.2 Å². The smallest absolute Gasteiger partial charge is 0.379 e. The highest BCUT2D eigenvalue weighted by Gasteiger charge is 2.30. The number of ketones is 1. The maximum atomic E-state index is 13.0. The van der Waals surface area contributed by atoms with Crippen LogP contribution in [0.1, 0.15) is 32.0 Å². The number of carbonyl (C=O) groups excluding carboxylic acids is 2. The molecule has 0 saturated carbocycles. The van der Waals surface area contributed by atoms with Crippen LogP contribution in [0.15, 0.2) is 52.8 Å². The predicted octanol–water partition coefficient (Wildman–Crippen LogP) is 4.45. The maximum Gasteiger partial charge on any atom is 0.379 e. The van der Waals surface area contributed by atoms with Crippen LogP contribution in [-0.4, -0.2) is 33.1 Å². The number of methoxy groups -OCH3 is 3. The lowest BCUT2D eigenvalue weighted by Gasteiger charge is -2.13. The Morgan fingerprint density at radius 2 is 1.72 bits per heavy atom. The van der Waals surface area contributed by atoms with Crippen LogP contribution in [0.5, 0.6) is 28.7 Å². The molecule has 2 heterocycles. The maximum absolute atomic E-state index is 13.0. The summed E-state index contributed by atoms with van der Waals surface area (Å²) in [7, 11) is 4.53. The molecule has 3 aromatic rings. The SMILES string of the molecule is COc1cc(C=C2Oc3cc(OC(=O)c4ccco4)cc(C)c3C2=O)cc(OC)c1OC. The number of carbonyl (C=O) groups is 2. The van der Waals surface area contributed by atoms with Crippen molar-refractivity contribution in [2.24, 2.45) is 0 Å². The molecule has 8 heteroatoms. The number of benzene rings is 2. The number of hydrogen-bond donors (Lipinski definition) is 0. The van der Waals surface area contributed by atoms with Crippen molar-refractivity contribution in [2.75, 3.05) is 21.3 Å². The summed E-state index contributed by atoms with van der Waals surface area (Å²) in [5.74, 6) is 1.14. The molecule has 0 saturated heterocycles. The Labute approximate surface area is 183 Å². The van der Waals surface area contributed by atoms with Crippen molar-refractivity contribution in [2.45, 2.75) is 6.92 Å². The molecule has 0 amide bonds. The average molecular weight is 436 g/mol. The Bertz CT molecular complexity index is 1200. The van der Waals surface area contributed by atoms with E-state index in [9.17, 15) is 9.59 Å². The fourth-order valence-corrected chi connectivity index (χ4v) is 3.42. The van der Waals surface area contributed by atoms with Crippen molar-refractivity contribution in [3.63, 3.8) is 0 Å². The second-order valence-corrected chi connectivity index (χ2v) is 6.88. The molecule has 32 heavy (non-hydrogen) atoms. The summed E-state index contributed by atoms with van der Waals surface area (Å²) in [6, 6.07) is 9.60. The van der Waals surface area contributed by atoms with E-state index in [1.54, 1.807) is 37.3 Å². The van der Waals surface area contributed by atoms with Crippen LogP contribution in [0.2, 0.25) is 0 Å². The van der Waals surface area contributed by atoms with Gasteiger partial charge in [0.25, 0.3) is 0 Å². The molecule has 0 aliphatic carbocycles. The van der Waals surface area contributed by atoms with Crippen LogP contribution < -0.4 is 23.7 Å². The molecule has 164 valence electrons. The summed E-state index contributed by atoms with van der Waals surface area (Å²) >= 11 is 0. The van der Waals surface area contributed by atoms with Gasteiger partial charge in [0.15, 0.2) is 17.3 Å². The Hall–Kier alpha value is -4.20. The zero-order chi connectivity index (χ0) is 22.8. The summed E-state index contributed by atoms with van der Waals surface area (Å²) < 4.78 is 32.2. The zero-order valence-electron chi connectivity index (χ0n) is 17.9. The monoisotopic (exact) mass is 436 g/mol. The van der Waals surface area contributed by atoms with Gasteiger partial charge in [-0.1, -0.05) is 0 Å². The highest BCUT2D eigenvalue weighted by atomic mass is 16.6. The van der Waals surface area contributed by atoms with E-state index < -0.39 is 5.97 Å². The molecule has 1 aliphatic heterocycles. The molecule has 0 fully saturated rings.